The number of nitrogens with zero attached hydrogens (tertiary/aromatic N) is 2. The van der Waals surface area contributed by atoms with Crippen molar-refractivity contribution < 1.29 is 9.59 Å². The van der Waals surface area contributed by atoms with Crippen LogP contribution in [-0.4, -0.2) is 54.0 Å². The number of piperidine rings is 1. The second kappa shape index (κ2) is 7.84. The zero-order valence-corrected chi connectivity index (χ0v) is 14.3. The maximum absolute atomic E-state index is 12.8. The third-order valence-electron chi connectivity index (χ3n) is 4.80. The van der Waals surface area contributed by atoms with E-state index in [4.69, 9.17) is 0 Å². The van der Waals surface area contributed by atoms with Crippen LogP contribution < -0.4 is 5.32 Å². The number of amides is 3. The Hall–Kier alpha value is -1.26. The zero-order valence-electron chi connectivity index (χ0n) is 14.3. The van der Waals surface area contributed by atoms with Gasteiger partial charge in [-0.3, -0.25) is 4.79 Å². The molecule has 2 atom stereocenters. The van der Waals surface area contributed by atoms with Gasteiger partial charge >= 0.3 is 6.03 Å². The first-order valence-electron chi connectivity index (χ1n) is 8.81. The van der Waals surface area contributed by atoms with E-state index in [1.165, 1.54) is 6.42 Å². The summed E-state index contributed by atoms with van der Waals surface area (Å²) in [5.74, 6) is 0.966. The minimum Gasteiger partial charge on any atom is -0.342 e. The quantitative estimate of drug-likeness (QED) is 0.852. The maximum Gasteiger partial charge on any atom is 0.317 e. The summed E-state index contributed by atoms with van der Waals surface area (Å²) in [5, 5.41) is 2.93. The topological polar surface area (TPSA) is 52.7 Å². The summed E-state index contributed by atoms with van der Waals surface area (Å²) in [5.41, 5.74) is 0. The van der Waals surface area contributed by atoms with Gasteiger partial charge in [0, 0.05) is 32.2 Å². The van der Waals surface area contributed by atoms with E-state index in [1.807, 2.05) is 23.6 Å². The zero-order chi connectivity index (χ0) is 16.1. The molecule has 0 aromatic rings. The fraction of sp³-hybridized carbons (Fsp3) is 0.882. The van der Waals surface area contributed by atoms with Crippen molar-refractivity contribution in [2.24, 2.45) is 11.8 Å². The molecular weight excluding hydrogens is 278 g/mol. The molecule has 2 heterocycles. The van der Waals surface area contributed by atoms with Crippen molar-refractivity contribution in [2.75, 3.05) is 26.2 Å². The van der Waals surface area contributed by atoms with Gasteiger partial charge in [-0.05, 0) is 51.9 Å². The van der Waals surface area contributed by atoms with Crippen molar-refractivity contribution in [3.8, 4) is 0 Å². The Morgan fingerprint density at radius 1 is 1.00 bits per heavy atom. The van der Waals surface area contributed by atoms with Gasteiger partial charge in [-0.15, -0.1) is 0 Å². The Balaban J connectivity index is 1.90. The maximum atomic E-state index is 12.8. The molecule has 0 aromatic carbocycles. The highest BCUT2D eigenvalue weighted by molar-refractivity contribution is 5.81. The molecule has 2 rings (SSSR count). The highest BCUT2D eigenvalue weighted by Gasteiger charge is 2.31. The summed E-state index contributed by atoms with van der Waals surface area (Å²) in [4.78, 5) is 28.8. The molecule has 22 heavy (non-hydrogen) atoms. The monoisotopic (exact) mass is 309 g/mol. The number of rotatable bonds is 2. The lowest BCUT2D eigenvalue weighted by Gasteiger charge is -2.35. The molecule has 0 bridgehead atoms. The number of likely N-dealkylation sites (tertiary alicyclic amines) is 2. The lowest BCUT2D eigenvalue weighted by Crippen LogP contribution is -2.50. The Morgan fingerprint density at radius 2 is 1.68 bits per heavy atom. The molecule has 3 amide bonds. The van der Waals surface area contributed by atoms with Crippen LogP contribution in [0.5, 0.6) is 0 Å². The number of hydrogen-bond donors (Lipinski definition) is 1. The predicted octanol–water partition coefficient (Wildman–Crippen LogP) is 2.46. The molecule has 0 spiro atoms. The summed E-state index contributed by atoms with van der Waals surface area (Å²) in [6, 6.07) is 0.104. The molecule has 126 valence electrons. The Bertz CT molecular complexity index is 397. The Kier molecular flexibility index (Phi) is 6.09. The molecular formula is C17H31N3O2. The van der Waals surface area contributed by atoms with Crippen LogP contribution in [0.3, 0.4) is 0 Å². The van der Waals surface area contributed by atoms with Gasteiger partial charge in [0.05, 0.1) is 5.92 Å². The van der Waals surface area contributed by atoms with Crippen molar-refractivity contribution in [1.82, 2.24) is 15.1 Å². The summed E-state index contributed by atoms with van der Waals surface area (Å²) in [6.07, 6.45) is 5.27. The molecule has 5 nitrogen and oxygen atoms in total. The van der Waals surface area contributed by atoms with Gasteiger partial charge in [0.2, 0.25) is 5.91 Å². The summed E-state index contributed by atoms with van der Waals surface area (Å²) in [6.45, 7) is 9.30. The molecule has 0 radical (unpaired) electrons. The van der Waals surface area contributed by atoms with Crippen LogP contribution in [0.15, 0.2) is 0 Å². The van der Waals surface area contributed by atoms with Gasteiger partial charge in [0.25, 0.3) is 0 Å². The van der Waals surface area contributed by atoms with E-state index in [9.17, 15) is 9.59 Å². The lowest BCUT2D eigenvalue weighted by atomic mass is 9.96. The minimum absolute atomic E-state index is 0.0138. The molecule has 2 saturated heterocycles. The van der Waals surface area contributed by atoms with Gasteiger partial charge in [-0.1, -0.05) is 6.92 Å². The number of hydrogen-bond acceptors (Lipinski definition) is 2. The summed E-state index contributed by atoms with van der Waals surface area (Å²) >= 11 is 0. The van der Waals surface area contributed by atoms with Crippen molar-refractivity contribution in [1.29, 1.82) is 0 Å². The standard InChI is InChI=1S/C17H31N3O2/c1-13(2)18-17(22)20-10-5-7-15(12-20)16(21)19-9-4-6-14(3)8-11-19/h13-15H,4-12H2,1-3H3,(H,18,22)/t14-,15-/m1/s1. The van der Waals surface area contributed by atoms with Crippen LogP contribution >= 0.6 is 0 Å². The highest BCUT2D eigenvalue weighted by atomic mass is 16.2. The molecule has 0 aromatic heterocycles. The second-order valence-corrected chi connectivity index (χ2v) is 7.25. The van der Waals surface area contributed by atoms with Crippen LogP contribution in [0.4, 0.5) is 4.79 Å². The first-order chi connectivity index (χ1) is 10.5. The number of carbonyl (C=O) groups is 2. The third-order valence-corrected chi connectivity index (χ3v) is 4.80. The van der Waals surface area contributed by atoms with Gasteiger partial charge in [-0.25, -0.2) is 4.79 Å². The third kappa shape index (κ3) is 4.62. The smallest absolute Gasteiger partial charge is 0.317 e. The molecule has 1 N–H and O–H groups in total. The number of nitrogens with one attached hydrogen (secondary N) is 1. The first kappa shape index (κ1) is 17.1. The van der Waals surface area contributed by atoms with Gasteiger partial charge < -0.3 is 15.1 Å². The molecule has 0 saturated carbocycles. The van der Waals surface area contributed by atoms with Gasteiger partial charge in [0.15, 0.2) is 0 Å². The largest absolute Gasteiger partial charge is 0.342 e. The Labute approximate surface area is 134 Å². The van der Waals surface area contributed by atoms with E-state index < -0.39 is 0 Å². The van der Waals surface area contributed by atoms with E-state index in [1.54, 1.807) is 0 Å². The van der Waals surface area contributed by atoms with Crippen molar-refractivity contribution in [3.05, 3.63) is 0 Å². The molecule has 0 aliphatic carbocycles. The van der Waals surface area contributed by atoms with Crippen LogP contribution in [-0.2, 0) is 4.79 Å². The molecule has 2 fully saturated rings. The van der Waals surface area contributed by atoms with E-state index in [-0.39, 0.29) is 23.9 Å². The van der Waals surface area contributed by atoms with Gasteiger partial charge in [-0.2, -0.15) is 0 Å². The van der Waals surface area contributed by atoms with Crippen LogP contribution in [0.2, 0.25) is 0 Å². The first-order valence-corrected chi connectivity index (χ1v) is 8.81. The summed E-state index contributed by atoms with van der Waals surface area (Å²) < 4.78 is 0. The molecule has 2 aliphatic heterocycles. The SMILES string of the molecule is CC(C)NC(=O)N1CCC[C@@H](C(=O)N2CCC[C@@H](C)CC2)C1. The van der Waals surface area contributed by atoms with Crippen molar-refractivity contribution in [3.63, 3.8) is 0 Å². The highest BCUT2D eigenvalue weighted by Crippen LogP contribution is 2.22. The van der Waals surface area contributed by atoms with Crippen LogP contribution in [0, 0.1) is 11.8 Å². The van der Waals surface area contributed by atoms with E-state index in [2.05, 4.69) is 12.2 Å². The normalized spacial score (nSPS) is 26.7. The fourth-order valence-electron chi connectivity index (χ4n) is 3.44. The fourth-order valence-corrected chi connectivity index (χ4v) is 3.44. The molecule has 2 aliphatic rings. The Morgan fingerprint density at radius 3 is 2.41 bits per heavy atom. The van der Waals surface area contributed by atoms with Crippen molar-refractivity contribution >= 4 is 11.9 Å². The molecule has 0 unspecified atom stereocenters. The molecule has 5 heteroatoms. The average Bonchev–Trinajstić information content (AvgIpc) is 2.70. The van der Waals surface area contributed by atoms with Crippen molar-refractivity contribution in [2.45, 2.75) is 58.9 Å². The van der Waals surface area contributed by atoms with Crippen LogP contribution in [0.25, 0.3) is 0 Å². The van der Waals surface area contributed by atoms with Gasteiger partial charge in [0.1, 0.15) is 0 Å². The average molecular weight is 309 g/mol. The predicted molar refractivity (Wildman–Crippen MR) is 87.6 cm³/mol. The number of carbonyl (C=O) groups excluding carboxylic acids is 2. The van der Waals surface area contributed by atoms with E-state index in [0.717, 1.165) is 51.2 Å². The van der Waals surface area contributed by atoms with Crippen LogP contribution in [0.1, 0.15) is 52.9 Å². The number of urea groups is 1. The second-order valence-electron chi connectivity index (χ2n) is 7.25. The van der Waals surface area contributed by atoms with E-state index in [0.29, 0.717) is 6.54 Å². The lowest BCUT2D eigenvalue weighted by molar-refractivity contribution is -0.136. The minimum atomic E-state index is -0.0306. The van der Waals surface area contributed by atoms with E-state index >= 15 is 0 Å². The summed E-state index contributed by atoms with van der Waals surface area (Å²) in [7, 11) is 0.